The van der Waals surface area contributed by atoms with E-state index in [0.29, 0.717) is 26.8 Å². The Labute approximate surface area is 206 Å². The summed E-state index contributed by atoms with van der Waals surface area (Å²) < 4.78 is 7.59. The number of rotatable bonds is 7. The lowest BCUT2D eigenvalue weighted by molar-refractivity contribution is -0.385. The number of carbonyl (C=O) groups is 1. The molecule has 0 bridgehead atoms. The molecule has 0 fully saturated rings. The van der Waals surface area contributed by atoms with Gasteiger partial charge in [-0.05, 0) is 48.9 Å². The van der Waals surface area contributed by atoms with Crippen molar-refractivity contribution < 1.29 is 19.6 Å². The molecule has 176 valence electrons. The van der Waals surface area contributed by atoms with Crippen molar-refractivity contribution in [3.63, 3.8) is 0 Å². The van der Waals surface area contributed by atoms with Gasteiger partial charge in [0.1, 0.15) is 12.4 Å². The number of ether oxygens (including phenoxy) is 1. The van der Waals surface area contributed by atoms with Crippen molar-refractivity contribution in [1.29, 1.82) is 0 Å². The smallest absolute Gasteiger partial charge is 0.335 e. The summed E-state index contributed by atoms with van der Waals surface area (Å²) in [7, 11) is 0. The predicted octanol–water partition coefficient (Wildman–Crippen LogP) is 4.54. The molecule has 0 saturated heterocycles. The van der Waals surface area contributed by atoms with Crippen molar-refractivity contribution in [3.05, 3.63) is 108 Å². The Bertz CT molecular complexity index is 1550. The number of aromatic carboxylic acids is 1. The minimum absolute atomic E-state index is 0.0363. The lowest BCUT2D eigenvalue weighted by Gasteiger charge is -2.10. The van der Waals surface area contributed by atoms with E-state index in [1.165, 1.54) is 30.5 Å². The van der Waals surface area contributed by atoms with Gasteiger partial charge in [0.15, 0.2) is 0 Å². The molecule has 10 nitrogen and oxygen atoms in total. The number of hydrogen-bond donors (Lipinski definition) is 1. The van der Waals surface area contributed by atoms with E-state index in [9.17, 15) is 19.7 Å². The summed E-state index contributed by atoms with van der Waals surface area (Å²) in [4.78, 5) is 39.4. The van der Waals surface area contributed by atoms with Gasteiger partial charge in [-0.2, -0.15) is 9.78 Å². The third-order valence-electron chi connectivity index (χ3n) is 5.09. The van der Waals surface area contributed by atoms with Crippen molar-refractivity contribution in [2.75, 3.05) is 0 Å². The fourth-order valence-electron chi connectivity index (χ4n) is 3.36. The summed E-state index contributed by atoms with van der Waals surface area (Å²) in [5.74, 6) is -0.756. The Hall–Kier alpha value is -4.38. The third-order valence-corrected chi connectivity index (χ3v) is 5.58. The molecule has 1 N–H and O–H groups in total. The maximum Gasteiger partial charge on any atom is 0.335 e. The topological polar surface area (TPSA) is 137 Å². The van der Waals surface area contributed by atoms with E-state index < -0.39 is 16.5 Å². The van der Waals surface area contributed by atoms with Crippen molar-refractivity contribution in [3.8, 4) is 5.75 Å². The largest absolute Gasteiger partial charge is 0.481 e. The van der Waals surface area contributed by atoms with Crippen LogP contribution in [0.5, 0.6) is 5.75 Å². The standard InChI is InChI=1S/C24H17BrN4O6/c1-14-27-20-10-9-18(25)11-19(20)23(30)28(14)26-12-17-3-2-4-21(29(33)34)22(17)35-13-15-5-7-16(8-6-15)24(31)32/h2-12H,13H2,1H3,(H,31,32). The number of carboxylic acids is 1. The Kier molecular flexibility index (Phi) is 6.69. The Balaban J connectivity index is 1.70. The number of nitro benzene ring substituents is 1. The molecule has 0 radical (unpaired) electrons. The van der Waals surface area contributed by atoms with E-state index in [1.807, 2.05) is 0 Å². The van der Waals surface area contributed by atoms with Crippen LogP contribution in [0.25, 0.3) is 10.9 Å². The monoisotopic (exact) mass is 536 g/mol. The predicted molar refractivity (Wildman–Crippen MR) is 132 cm³/mol. The van der Waals surface area contributed by atoms with Gasteiger partial charge in [-0.1, -0.05) is 34.1 Å². The second-order valence-electron chi connectivity index (χ2n) is 7.43. The van der Waals surface area contributed by atoms with E-state index in [0.717, 1.165) is 4.68 Å². The number of hydrogen-bond acceptors (Lipinski definition) is 7. The number of para-hydroxylation sites is 1. The minimum atomic E-state index is -1.06. The molecule has 0 aliphatic rings. The maximum absolute atomic E-state index is 13.0. The molecule has 4 rings (SSSR count). The highest BCUT2D eigenvalue weighted by molar-refractivity contribution is 9.10. The first-order chi connectivity index (χ1) is 16.7. The van der Waals surface area contributed by atoms with E-state index in [-0.39, 0.29) is 29.2 Å². The fraction of sp³-hybridized carbons (Fsp3) is 0.0833. The minimum Gasteiger partial charge on any atom is -0.481 e. The van der Waals surface area contributed by atoms with Crippen molar-refractivity contribution in [2.24, 2.45) is 5.10 Å². The second-order valence-corrected chi connectivity index (χ2v) is 8.34. The first kappa shape index (κ1) is 23.8. The summed E-state index contributed by atoms with van der Waals surface area (Å²) >= 11 is 3.34. The summed E-state index contributed by atoms with van der Waals surface area (Å²) in [6.07, 6.45) is 1.30. The van der Waals surface area contributed by atoms with Gasteiger partial charge in [0.25, 0.3) is 5.56 Å². The van der Waals surface area contributed by atoms with Gasteiger partial charge in [-0.15, -0.1) is 0 Å². The van der Waals surface area contributed by atoms with Crippen LogP contribution >= 0.6 is 15.9 Å². The van der Waals surface area contributed by atoms with Crippen LogP contribution in [0, 0.1) is 17.0 Å². The lowest BCUT2D eigenvalue weighted by Crippen LogP contribution is -2.20. The zero-order valence-electron chi connectivity index (χ0n) is 18.2. The molecule has 0 aliphatic carbocycles. The van der Waals surface area contributed by atoms with E-state index >= 15 is 0 Å². The number of halogens is 1. The second kappa shape index (κ2) is 9.85. The molecule has 0 atom stereocenters. The van der Waals surface area contributed by atoms with Crippen LogP contribution in [0.2, 0.25) is 0 Å². The van der Waals surface area contributed by atoms with Crippen LogP contribution in [0.1, 0.15) is 27.3 Å². The maximum atomic E-state index is 13.0. The number of benzene rings is 3. The number of nitro groups is 1. The molecule has 0 spiro atoms. The number of carboxylic acid groups (broad SMARTS) is 1. The Morgan fingerprint density at radius 3 is 2.66 bits per heavy atom. The quantitative estimate of drug-likeness (QED) is 0.208. The highest BCUT2D eigenvalue weighted by atomic mass is 79.9. The average molecular weight is 537 g/mol. The summed E-state index contributed by atoms with van der Waals surface area (Å²) in [6.45, 7) is 1.59. The SMILES string of the molecule is Cc1nc2ccc(Br)cc2c(=O)n1N=Cc1cccc([N+](=O)[O-])c1OCc1ccc(C(=O)O)cc1. The lowest BCUT2D eigenvalue weighted by atomic mass is 10.1. The highest BCUT2D eigenvalue weighted by Crippen LogP contribution is 2.31. The van der Waals surface area contributed by atoms with Crippen LogP contribution in [0.3, 0.4) is 0 Å². The van der Waals surface area contributed by atoms with Crippen molar-refractivity contribution in [1.82, 2.24) is 9.66 Å². The first-order valence-electron chi connectivity index (χ1n) is 10.2. The molecule has 4 aromatic rings. The zero-order chi connectivity index (χ0) is 25.1. The third kappa shape index (κ3) is 5.09. The van der Waals surface area contributed by atoms with Crippen LogP contribution < -0.4 is 10.3 Å². The number of nitrogens with zero attached hydrogens (tertiary/aromatic N) is 4. The Morgan fingerprint density at radius 1 is 1.23 bits per heavy atom. The molecule has 35 heavy (non-hydrogen) atoms. The molecule has 0 unspecified atom stereocenters. The van der Waals surface area contributed by atoms with Gasteiger partial charge in [0.2, 0.25) is 5.75 Å². The van der Waals surface area contributed by atoms with Crippen molar-refractivity contribution >= 4 is 44.7 Å². The molecule has 0 saturated carbocycles. The molecule has 3 aromatic carbocycles. The molecule has 1 heterocycles. The number of aryl methyl sites for hydroxylation is 1. The average Bonchev–Trinajstić information content (AvgIpc) is 2.83. The van der Waals surface area contributed by atoms with Crippen LogP contribution in [0.4, 0.5) is 5.69 Å². The summed E-state index contributed by atoms with van der Waals surface area (Å²) in [6, 6.07) is 15.5. The van der Waals surface area contributed by atoms with E-state index in [2.05, 4.69) is 26.0 Å². The number of aromatic nitrogens is 2. The zero-order valence-corrected chi connectivity index (χ0v) is 19.8. The van der Waals surface area contributed by atoms with E-state index in [1.54, 1.807) is 43.3 Å². The van der Waals surface area contributed by atoms with Gasteiger partial charge in [-0.25, -0.2) is 9.78 Å². The molecule has 0 aliphatic heterocycles. The molecule has 0 amide bonds. The highest BCUT2D eigenvalue weighted by Gasteiger charge is 2.19. The van der Waals surface area contributed by atoms with Crippen LogP contribution in [0.15, 0.2) is 75.0 Å². The Morgan fingerprint density at radius 2 is 1.97 bits per heavy atom. The van der Waals surface area contributed by atoms with Crippen LogP contribution in [-0.2, 0) is 6.61 Å². The molecule has 11 heteroatoms. The van der Waals surface area contributed by atoms with Crippen LogP contribution in [-0.4, -0.2) is 31.9 Å². The van der Waals surface area contributed by atoms with Gasteiger partial charge < -0.3 is 9.84 Å². The van der Waals surface area contributed by atoms with Gasteiger partial charge in [0, 0.05) is 16.1 Å². The molecular formula is C24H17BrN4O6. The molecular weight excluding hydrogens is 520 g/mol. The molecule has 1 aromatic heterocycles. The normalized spacial score (nSPS) is 11.1. The summed E-state index contributed by atoms with van der Waals surface area (Å²) in [5.41, 5.74) is 0.867. The first-order valence-corrected chi connectivity index (χ1v) is 11.0. The van der Waals surface area contributed by atoms with Gasteiger partial charge in [-0.3, -0.25) is 14.9 Å². The van der Waals surface area contributed by atoms with Crippen molar-refractivity contribution in [2.45, 2.75) is 13.5 Å². The van der Waals surface area contributed by atoms with Gasteiger partial charge >= 0.3 is 11.7 Å². The fourth-order valence-corrected chi connectivity index (χ4v) is 3.72. The van der Waals surface area contributed by atoms with Gasteiger partial charge in [0.05, 0.1) is 27.6 Å². The van der Waals surface area contributed by atoms with E-state index in [4.69, 9.17) is 9.84 Å². The number of fused-ring (bicyclic) bond motifs is 1. The summed E-state index contributed by atoms with van der Waals surface area (Å²) in [5, 5.41) is 25.2.